The smallest absolute Gasteiger partial charge is 0.134 e. The van der Waals surface area contributed by atoms with Gasteiger partial charge in [-0.15, -0.1) is 0 Å². The van der Waals surface area contributed by atoms with Crippen LogP contribution in [0.25, 0.3) is 0 Å². The van der Waals surface area contributed by atoms with Crippen molar-refractivity contribution >= 4 is 0 Å². The first-order valence-electron chi connectivity index (χ1n) is 2.60. The Morgan fingerprint density at radius 3 is 3.25 bits per heavy atom. The van der Waals surface area contributed by atoms with Gasteiger partial charge in [0, 0.05) is 5.56 Å². The van der Waals surface area contributed by atoms with Gasteiger partial charge in [0.25, 0.3) is 0 Å². The molecule has 2 rings (SSSR count). The Bertz CT molecular complexity index is 172. The summed E-state index contributed by atoms with van der Waals surface area (Å²) in [7, 11) is 0. The zero-order valence-corrected chi connectivity index (χ0v) is 4.39. The molecule has 0 amide bonds. The predicted molar refractivity (Wildman–Crippen MR) is 27.2 cm³/mol. The molecule has 2 heteroatoms. The van der Waals surface area contributed by atoms with Gasteiger partial charge in [0.2, 0.25) is 0 Å². The van der Waals surface area contributed by atoms with Crippen LogP contribution in [0.1, 0.15) is 11.3 Å². The maximum atomic E-state index is 5.06. The summed E-state index contributed by atoms with van der Waals surface area (Å²) >= 11 is 0. The number of hydrogen-bond donors (Lipinski definition) is 0. The highest BCUT2D eigenvalue weighted by Crippen LogP contribution is 2.19. The van der Waals surface area contributed by atoms with E-state index in [9.17, 15) is 0 Å². The van der Waals surface area contributed by atoms with Gasteiger partial charge in [-0.1, -0.05) is 0 Å². The van der Waals surface area contributed by atoms with Crippen molar-refractivity contribution in [1.29, 1.82) is 0 Å². The molecule has 0 saturated carbocycles. The fraction of sp³-hybridized carbons (Fsp3) is 0.333. The molecule has 0 unspecified atom stereocenters. The Balaban J connectivity index is 2.54. The van der Waals surface area contributed by atoms with Crippen molar-refractivity contribution in [1.82, 2.24) is 0 Å². The van der Waals surface area contributed by atoms with Crippen LogP contribution in [0.3, 0.4) is 0 Å². The van der Waals surface area contributed by atoms with Crippen LogP contribution in [0, 0.1) is 0 Å². The molecule has 1 aliphatic heterocycles. The molecule has 0 fully saturated rings. The van der Waals surface area contributed by atoms with Crippen LogP contribution in [0.2, 0.25) is 0 Å². The minimum absolute atomic E-state index is 0.655. The lowest BCUT2D eigenvalue weighted by Gasteiger charge is -1.82. The second-order valence-electron chi connectivity index (χ2n) is 1.86. The molecule has 0 radical (unpaired) electrons. The molecule has 0 aliphatic carbocycles. The molecule has 0 atom stereocenters. The van der Waals surface area contributed by atoms with E-state index in [0.29, 0.717) is 6.61 Å². The number of ether oxygens (including phenoxy) is 1. The number of fused-ring (bicyclic) bond motifs is 1. The molecule has 0 bridgehead atoms. The first-order valence-corrected chi connectivity index (χ1v) is 2.60. The number of hydrogen-bond acceptors (Lipinski definition) is 2. The first-order chi connectivity index (χ1) is 3.97. The molecule has 1 aromatic rings. The minimum atomic E-state index is 0.655. The maximum absolute atomic E-state index is 5.06. The van der Waals surface area contributed by atoms with Gasteiger partial charge in [0.1, 0.15) is 12.4 Å². The molecule has 1 aliphatic rings. The molecule has 0 spiro atoms. The highest BCUT2D eigenvalue weighted by atomic mass is 16.5. The summed E-state index contributed by atoms with van der Waals surface area (Å²) in [6.07, 6.45) is 1.70. The van der Waals surface area contributed by atoms with Crippen LogP contribution < -0.4 is 0 Å². The molecule has 2 heterocycles. The van der Waals surface area contributed by atoms with Gasteiger partial charge in [-0.05, 0) is 6.07 Å². The largest absolute Gasteiger partial charge is 0.467 e. The van der Waals surface area contributed by atoms with Gasteiger partial charge in [-0.2, -0.15) is 0 Å². The second-order valence-corrected chi connectivity index (χ2v) is 1.86. The van der Waals surface area contributed by atoms with Crippen molar-refractivity contribution in [2.45, 2.75) is 13.2 Å². The predicted octanol–water partition coefficient (Wildman–Crippen LogP) is 1.31. The van der Waals surface area contributed by atoms with Crippen LogP contribution >= 0.6 is 0 Å². The van der Waals surface area contributed by atoms with E-state index in [1.807, 2.05) is 6.07 Å². The molecule has 42 valence electrons. The van der Waals surface area contributed by atoms with Gasteiger partial charge < -0.3 is 9.15 Å². The highest BCUT2D eigenvalue weighted by Gasteiger charge is 2.12. The number of rotatable bonds is 0. The standard InChI is InChI=1S/C6H6O2/c1-2-8-6-4-7-3-5(1)6/h1-2H,3-4H2. The molecular weight excluding hydrogens is 104 g/mol. The molecule has 0 aromatic carbocycles. The van der Waals surface area contributed by atoms with Crippen LogP contribution in [0.5, 0.6) is 0 Å². The van der Waals surface area contributed by atoms with Crippen molar-refractivity contribution in [2.24, 2.45) is 0 Å². The summed E-state index contributed by atoms with van der Waals surface area (Å²) in [5.74, 6) is 0.991. The highest BCUT2D eigenvalue weighted by molar-refractivity contribution is 5.17. The maximum Gasteiger partial charge on any atom is 0.134 e. The van der Waals surface area contributed by atoms with Crippen LogP contribution in [-0.4, -0.2) is 0 Å². The van der Waals surface area contributed by atoms with Crippen molar-refractivity contribution in [3.05, 3.63) is 23.7 Å². The zero-order valence-electron chi connectivity index (χ0n) is 4.39. The Labute approximate surface area is 47.1 Å². The van der Waals surface area contributed by atoms with E-state index in [0.717, 1.165) is 12.4 Å². The lowest BCUT2D eigenvalue weighted by atomic mass is 10.3. The van der Waals surface area contributed by atoms with Gasteiger partial charge >= 0.3 is 0 Å². The van der Waals surface area contributed by atoms with Crippen LogP contribution in [-0.2, 0) is 18.0 Å². The monoisotopic (exact) mass is 110 g/mol. The Morgan fingerprint density at radius 2 is 2.38 bits per heavy atom. The minimum Gasteiger partial charge on any atom is -0.467 e. The first kappa shape index (κ1) is 4.15. The summed E-state index contributed by atoms with van der Waals surface area (Å²) < 4.78 is 10.1. The quantitative estimate of drug-likeness (QED) is 0.502. The third kappa shape index (κ3) is 0.406. The fourth-order valence-corrected chi connectivity index (χ4v) is 0.876. The summed E-state index contributed by atoms with van der Waals surface area (Å²) in [6, 6.07) is 1.95. The van der Waals surface area contributed by atoms with E-state index < -0.39 is 0 Å². The van der Waals surface area contributed by atoms with E-state index in [1.54, 1.807) is 6.26 Å². The van der Waals surface area contributed by atoms with Crippen LogP contribution in [0.15, 0.2) is 16.7 Å². The molecule has 2 nitrogen and oxygen atoms in total. The average molecular weight is 110 g/mol. The summed E-state index contributed by atoms with van der Waals surface area (Å²) in [5.41, 5.74) is 1.20. The van der Waals surface area contributed by atoms with Gasteiger partial charge in [-0.25, -0.2) is 0 Å². The van der Waals surface area contributed by atoms with Crippen molar-refractivity contribution in [3.63, 3.8) is 0 Å². The van der Waals surface area contributed by atoms with Crippen molar-refractivity contribution < 1.29 is 9.15 Å². The van der Waals surface area contributed by atoms with Gasteiger partial charge in [0.15, 0.2) is 0 Å². The molecule has 8 heavy (non-hydrogen) atoms. The van der Waals surface area contributed by atoms with E-state index >= 15 is 0 Å². The molecular formula is C6H6O2. The SMILES string of the molecule is c1cc2c(o1)COC2. The van der Waals surface area contributed by atoms with Crippen molar-refractivity contribution in [3.8, 4) is 0 Å². The lowest BCUT2D eigenvalue weighted by molar-refractivity contribution is 0.124. The van der Waals surface area contributed by atoms with E-state index in [2.05, 4.69) is 0 Å². The molecule has 1 aromatic heterocycles. The third-order valence-corrected chi connectivity index (χ3v) is 1.33. The Kier molecular flexibility index (Phi) is 0.704. The second kappa shape index (κ2) is 1.36. The van der Waals surface area contributed by atoms with Crippen molar-refractivity contribution in [2.75, 3.05) is 0 Å². The Morgan fingerprint density at radius 1 is 1.38 bits per heavy atom. The van der Waals surface area contributed by atoms with Crippen LogP contribution in [0.4, 0.5) is 0 Å². The fourth-order valence-electron chi connectivity index (χ4n) is 0.876. The average Bonchev–Trinajstić information content (AvgIpc) is 2.15. The zero-order chi connectivity index (χ0) is 5.40. The van der Waals surface area contributed by atoms with Gasteiger partial charge in [-0.3, -0.25) is 0 Å². The molecule has 0 N–H and O–H groups in total. The normalized spacial score (nSPS) is 16.5. The topological polar surface area (TPSA) is 22.4 Å². The summed E-state index contributed by atoms with van der Waals surface area (Å²) in [5, 5.41) is 0. The summed E-state index contributed by atoms with van der Waals surface area (Å²) in [6.45, 7) is 1.38. The van der Waals surface area contributed by atoms with E-state index in [4.69, 9.17) is 9.15 Å². The van der Waals surface area contributed by atoms with Gasteiger partial charge in [0.05, 0.1) is 12.9 Å². The summed E-state index contributed by atoms with van der Waals surface area (Å²) in [4.78, 5) is 0. The molecule has 0 saturated heterocycles. The lowest BCUT2D eigenvalue weighted by Crippen LogP contribution is -1.73. The number of furan rings is 1. The van der Waals surface area contributed by atoms with E-state index in [1.165, 1.54) is 5.56 Å². The third-order valence-electron chi connectivity index (χ3n) is 1.33. The van der Waals surface area contributed by atoms with E-state index in [-0.39, 0.29) is 0 Å². The Hall–Kier alpha value is -0.760.